The molecule has 2 aromatic carbocycles. The van der Waals surface area contributed by atoms with Gasteiger partial charge in [0.25, 0.3) is 0 Å². The van der Waals surface area contributed by atoms with E-state index in [0.29, 0.717) is 75.5 Å². The molecule has 0 aliphatic rings. The molecule has 2 rings (SSSR count). The standard InChI is InChI=1S/C28H38O11/c1-33-11-13-35-15-17-37-23-7-3-21(4-8-23)19-25(29)28(32)39-26(27(30)31)20-22-5-9-24(10-6-22)38-18-16-36-14-12-34-2/h3-10,25-26,29H,11-20H2,1-2H3,(H,30,31). The molecule has 2 atom stereocenters. The van der Waals surface area contributed by atoms with Crippen LogP contribution in [0.15, 0.2) is 48.5 Å². The number of carboxylic acid groups (broad SMARTS) is 1. The van der Waals surface area contributed by atoms with Crippen LogP contribution in [0.25, 0.3) is 0 Å². The second kappa shape index (κ2) is 18.9. The van der Waals surface area contributed by atoms with Crippen LogP contribution >= 0.6 is 0 Å². The molecule has 0 aromatic heterocycles. The fourth-order valence-corrected chi connectivity index (χ4v) is 3.29. The molecule has 0 aliphatic heterocycles. The molecule has 0 saturated heterocycles. The van der Waals surface area contributed by atoms with Gasteiger partial charge in [-0.3, -0.25) is 0 Å². The van der Waals surface area contributed by atoms with Gasteiger partial charge in [0.15, 0.2) is 6.10 Å². The van der Waals surface area contributed by atoms with Gasteiger partial charge in [-0.2, -0.15) is 0 Å². The number of carbonyl (C=O) groups excluding carboxylic acids is 1. The van der Waals surface area contributed by atoms with Crippen LogP contribution in [0.2, 0.25) is 0 Å². The Kier molecular flexibility index (Phi) is 15.5. The van der Waals surface area contributed by atoms with E-state index in [0.717, 1.165) is 0 Å². The van der Waals surface area contributed by atoms with E-state index in [1.54, 1.807) is 62.8 Å². The molecular weight excluding hydrogens is 512 g/mol. The number of hydrogen-bond donors (Lipinski definition) is 2. The number of carboxylic acids is 1. The number of aliphatic carboxylic acids is 1. The Morgan fingerprint density at radius 3 is 1.54 bits per heavy atom. The van der Waals surface area contributed by atoms with Crippen molar-refractivity contribution in [2.45, 2.75) is 25.0 Å². The number of ether oxygens (including phenoxy) is 7. The molecule has 216 valence electrons. The molecule has 0 radical (unpaired) electrons. The normalized spacial score (nSPS) is 12.5. The fourth-order valence-electron chi connectivity index (χ4n) is 3.29. The average molecular weight is 551 g/mol. The van der Waals surface area contributed by atoms with E-state index in [1.165, 1.54) is 0 Å². The number of hydrogen-bond acceptors (Lipinski definition) is 10. The molecule has 0 fully saturated rings. The highest BCUT2D eigenvalue weighted by Crippen LogP contribution is 2.17. The predicted octanol–water partition coefficient (Wildman–Crippen LogP) is 1.91. The van der Waals surface area contributed by atoms with Gasteiger partial charge in [-0.05, 0) is 35.4 Å². The molecule has 39 heavy (non-hydrogen) atoms. The molecule has 2 aromatic rings. The molecule has 11 nitrogen and oxygen atoms in total. The van der Waals surface area contributed by atoms with Crippen molar-refractivity contribution in [2.75, 3.05) is 67.1 Å². The average Bonchev–Trinajstić information content (AvgIpc) is 2.93. The summed E-state index contributed by atoms with van der Waals surface area (Å²) in [5.74, 6) is -1.11. The van der Waals surface area contributed by atoms with Crippen LogP contribution in [0.5, 0.6) is 11.5 Å². The van der Waals surface area contributed by atoms with E-state index < -0.39 is 24.1 Å². The largest absolute Gasteiger partial charge is 0.491 e. The maximum atomic E-state index is 12.4. The number of aliphatic hydroxyl groups excluding tert-OH is 1. The summed E-state index contributed by atoms with van der Waals surface area (Å²) < 4.78 is 36.7. The number of esters is 1. The molecular formula is C28H38O11. The van der Waals surface area contributed by atoms with Crippen molar-refractivity contribution >= 4 is 11.9 Å². The lowest BCUT2D eigenvalue weighted by atomic mass is 10.1. The summed E-state index contributed by atoms with van der Waals surface area (Å²) in [6.07, 6.45) is -3.06. The maximum Gasteiger partial charge on any atom is 0.345 e. The van der Waals surface area contributed by atoms with E-state index in [1.807, 2.05) is 0 Å². The van der Waals surface area contributed by atoms with Crippen molar-refractivity contribution in [3.05, 3.63) is 59.7 Å². The first-order valence-corrected chi connectivity index (χ1v) is 12.6. The van der Waals surface area contributed by atoms with Gasteiger partial charge in [0, 0.05) is 27.1 Å². The number of methoxy groups -OCH3 is 2. The minimum atomic E-state index is -1.52. The number of benzene rings is 2. The highest BCUT2D eigenvalue weighted by molar-refractivity contribution is 5.80. The summed E-state index contributed by atoms with van der Waals surface area (Å²) in [4.78, 5) is 24.1. The fraction of sp³-hybridized carbons (Fsp3) is 0.500. The van der Waals surface area contributed by atoms with E-state index in [4.69, 9.17) is 33.2 Å². The Morgan fingerprint density at radius 2 is 1.10 bits per heavy atom. The van der Waals surface area contributed by atoms with Gasteiger partial charge in [-0.15, -0.1) is 0 Å². The van der Waals surface area contributed by atoms with Crippen molar-refractivity contribution < 1.29 is 53.0 Å². The van der Waals surface area contributed by atoms with Crippen molar-refractivity contribution in [1.29, 1.82) is 0 Å². The Morgan fingerprint density at radius 1 is 0.667 bits per heavy atom. The lowest BCUT2D eigenvalue weighted by Gasteiger charge is -2.17. The summed E-state index contributed by atoms with van der Waals surface area (Å²) in [7, 11) is 3.20. The Labute approximate surface area is 228 Å². The van der Waals surface area contributed by atoms with Crippen LogP contribution in [0.1, 0.15) is 11.1 Å². The summed E-state index contributed by atoms with van der Waals surface area (Å²) >= 11 is 0. The summed E-state index contributed by atoms with van der Waals surface area (Å²) in [5, 5.41) is 19.8. The second-order valence-corrected chi connectivity index (χ2v) is 8.38. The smallest absolute Gasteiger partial charge is 0.345 e. The minimum Gasteiger partial charge on any atom is -0.491 e. The third-order valence-corrected chi connectivity index (χ3v) is 5.36. The van der Waals surface area contributed by atoms with Crippen LogP contribution in [0.3, 0.4) is 0 Å². The van der Waals surface area contributed by atoms with Gasteiger partial charge in [0.2, 0.25) is 6.10 Å². The first kappa shape index (κ1) is 32.0. The molecule has 0 aliphatic carbocycles. The van der Waals surface area contributed by atoms with Crippen LogP contribution in [0, 0.1) is 0 Å². The summed E-state index contributed by atoms with van der Waals surface area (Å²) in [5.41, 5.74) is 1.29. The SMILES string of the molecule is COCCOCCOc1ccc(CC(O)C(=O)OC(Cc2ccc(OCCOCCOC)cc2)C(=O)O)cc1. The zero-order valence-corrected chi connectivity index (χ0v) is 22.4. The van der Waals surface area contributed by atoms with E-state index in [9.17, 15) is 19.8 Å². The quantitative estimate of drug-likeness (QED) is 0.174. The Hall–Kier alpha value is -3.22. The number of rotatable bonds is 21. The van der Waals surface area contributed by atoms with Gasteiger partial charge in [-0.1, -0.05) is 24.3 Å². The number of carbonyl (C=O) groups is 2. The van der Waals surface area contributed by atoms with Crippen molar-refractivity contribution in [3.8, 4) is 11.5 Å². The zero-order valence-electron chi connectivity index (χ0n) is 22.4. The monoisotopic (exact) mass is 550 g/mol. The van der Waals surface area contributed by atoms with Gasteiger partial charge in [0.05, 0.1) is 39.6 Å². The second-order valence-electron chi connectivity index (χ2n) is 8.38. The minimum absolute atomic E-state index is 0.0349. The third-order valence-electron chi connectivity index (χ3n) is 5.36. The molecule has 0 heterocycles. The Bertz CT molecular complexity index is 947. The van der Waals surface area contributed by atoms with Crippen molar-refractivity contribution in [1.82, 2.24) is 0 Å². The van der Waals surface area contributed by atoms with Crippen molar-refractivity contribution in [2.24, 2.45) is 0 Å². The van der Waals surface area contributed by atoms with Gasteiger partial charge < -0.3 is 43.4 Å². The van der Waals surface area contributed by atoms with Crippen LogP contribution in [0.4, 0.5) is 0 Å². The van der Waals surface area contributed by atoms with Crippen LogP contribution in [-0.2, 0) is 46.1 Å². The topological polar surface area (TPSA) is 139 Å². The van der Waals surface area contributed by atoms with Crippen molar-refractivity contribution in [3.63, 3.8) is 0 Å². The van der Waals surface area contributed by atoms with Crippen LogP contribution < -0.4 is 9.47 Å². The molecule has 0 bridgehead atoms. The van der Waals surface area contributed by atoms with Gasteiger partial charge in [0.1, 0.15) is 24.7 Å². The summed E-state index contributed by atoms with van der Waals surface area (Å²) in [6, 6.07) is 13.6. The molecule has 0 spiro atoms. The first-order valence-electron chi connectivity index (χ1n) is 12.6. The van der Waals surface area contributed by atoms with E-state index in [-0.39, 0.29) is 12.8 Å². The zero-order chi connectivity index (χ0) is 28.3. The van der Waals surface area contributed by atoms with E-state index >= 15 is 0 Å². The molecule has 0 saturated carbocycles. The molecule has 11 heteroatoms. The molecule has 2 unspecified atom stereocenters. The molecule has 2 N–H and O–H groups in total. The predicted molar refractivity (Wildman–Crippen MR) is 140 cm³/mol. The first-order chi connectivity index (χ1) is 18.9. The lowest BCUT2D eigenvalue weighted by Crippen LogP contribution is -2.35. The van der Waals surface area contributed by atoms with Gasteiger partial charge >= 0.3 is 11.9 Å². The molecule has 0 amide bonds. The lowest BCUT2D eigenvalue weighted by molar-refractivity contribution is -0.170. The highest BCUT2D eigenvalue weighted by atomic mass is 16.6. The van der Waals surface area contributed by atoms with Crippen LogP contribution in [-0.4, -0.2) is 101 Å². The summed E-state index contributed by atoms with van der Waals surface area (Å²) in [6.45, 7) is 3.56. The highest BCUT2D eigenvalue weighted by Gasteiger charge is 2.27. The maximum absolute atomic E-state index is 12.4. The third kappa shape index (κ3) is 13.4. The Balaban J connectivity index is 1.77. The van der Waals surface area contributed by atoms with E-state index in [2.05, 4.69) is 0 Å². The van der Waals surface area contributed by atoms with Gasteiger partial charge in [-0.25, -0.2) is 9.59 Å². The number of aliphatic hydroxyl groups is 1.